The highest BCUT2D eigenvalue weighted by Gasteiger charge is 2.51. The Kier molecular flexibility index (Phi) is 5.87. The molecule has 1 aliphatic carbocycles. The minimum atomic E-state index is -0.721. The Morgan fingerprint density at radius 3 is 2.13 bits per heavy atom. The number of amides is 3. The van der Waals surface area contributed by atoms with E-state index in [0.29, 0.717) is 12.8 Å². The van der Waals surface area contributed by atoms with Gasteiger partial charge < -0.3 is 0 Å². The van der Waals surface area contributed by atoms with Crippen LogP contribution in [0.4, 0.5) is 4.39 Å². The van der Waals surface area contributed by atoms with E-state index in [4.69, 9.17) is 11.6 Å². The lowest BCUT2D eigenvalue weighted by molar-refractivity contribution is -0.154. The number of hydrogen-bond acceptors (Lipinski definition) is 4. The Hall–Kier alpha value is -3.06. The summed E-state index contributed by atoms with van der Waals surface area (Å²) in [6, 6.07) is 11.1. The van der Waals surface area contributed by atoms with E-state index in [0.717, 1.165) is 35.0 Å². The first-order valence-electron chi connectivity index (χ1n) is 10.1. The van der Waals surface area contributed by atoms with Crippen LogP contribution < -0.4 is 0 Å². The molecule has 2 aromatic carbocycles. The van der Waals surface area contributed by atoms with Gasteiger partial charge in [0.25, 0.3) is 17.7 Å². The van der Waals surface area contributed by atoms with Crippen LogP contribution in [0.25, 0.3) is 0 Å². The number of carbonyl (C=O) groups excluding carboxylic acids is 4. The van der Waals surface area contributed by atoms with Crippen LogP contribution in [-0.4, -0.2) is 40.1 Å². The fourth-order valence-corrected chi connectivity index (χ4v) is 4.47. The maximum Gasteiger partial charge on any atom is 0.274 e. The molecule has 1 saturated carbocycles. The summed E-state index contributed by atoms with van der Waals surface area (Å²) in [7, 11) is 0. The lowest BCUT2D eigenvalue weighted by Crippen LogP contribution is -2.52. The number of rotatable bonds is 5. The summed E-state index contributed by atoms with van der Waals surface area (Å²) in [6.07, 6.45) is 2.82. The van der Waals surface area contributed by atoms with Crippen molar-refractivity contribution in [1.29, 1.82) is 0 Å². The fraction of sp³-hybridized carbons (Fsp3) is 0.304. The van der Waals surface area contributed by atoms with Gasteiger partial charge in [0, 0.05) is 5.56 Å². The summed E-state index contributed by atoms with van der Waals surface area (Å²) >= 11 is 6.17. The smallest absolute Gasteiger partial charge is 0.274 e. The van der Waals surface area contributed by atoms with Gasteiger partial charge in [0.15, 0.2) is 5.78 Å². The van der Waals surface area contributed by atoms with Crippen molar-refractivity contribution in [3.8, 4) is 0 Å². The molecule has 31 heavy (non-hydrogen) atoms. The van der Waals surface area contributed by atoms with Crippen molar-refractivity contribution in [1.82, 2.24) is 10.0 Å². The van der Waals surface area contributed by atoms with Crippen LogP contribution in [0.2, 0.25) is 5.02 Å². The Morgan fingerprint density at radius 1 is 0.968 bits per heavy atom. The molecule has 0 unspecified atom stereocenters. The van der Waals surface area contributed by atoms with Crippen LogP contribution in [0.15, 0.2) is 48.5 Å². The van der Waals surface area contributed by atoms with Gasteiger partial charge in [-0.05, 0) is 49.2 Å². The van der Waals surface area contributed by atoms with Gasteiger partial charge in [-0.25, -0.2) is 9.40 Å². The zero-order chi connectivity index (χ0) is 22.1. The van der Waals surface area contributed by atoms with Gasteiger partial charge in [-0.1, -0.05) is 36.6 Å². The molecule has 1 heterocycles. The zero-order valence-corrected chi connectivity index (χ0v) is 17.3. The molecule has 0 bridgehead atoms. The molecule has 0 spiro atoms. The standard InChI is InChI=1S/C23H20ClFN2O4/c24-19-8-4-3-7-18(19)21(29)26(13-20(28)14-9-11-15(25)12-10-14)27-22(30)16-5-1-2-6-17(16)23(27)31/h3-4,7-12,16-17H,1-2,5-6,13H2/t16-,17+. The molecule has 3 amide bonds. The highest BCUT2D eigenvalue weighted by Crippen LogP contribution is 2.39. The van der Waals surface area contributed by atoms with E-state index in [1.807, 2.05) is 0 Å². The monoisotopic (exact) mass is 442 g/mol. The molecule has 6 nitrogen and oxygen atoms in total. The number of Topliss-reactive ketones (excluding diaryl/α,β-unsaturated/α-hetero) is 1. The van der Waals surface area contributed by atoms with Crippen molar-refractivity contribution in [2.45, 2.75) is 25.7 Å². The van der Waals surface area contributed by atoms with Gasteiger partial charge in [-0.2, -0.15) is 5.01 Å². The second-order valence-electron chi connectivity index (χ2n) is 7.76. The zero-order valence-electron chi connectivity index (χ0n) is 16.6. The maximum atomic E-state index is 13.4. The number of imide groups is 1. The third-order valence-electron chi connectivity index (χ3n) is 5.86. The predicted molar refractivity (Wildman–Crippen MR) is 111 cm³/mol. The Balaban J connectivity index is 1.70. The van der Waals surface area contributed by atoms with Crippen molar-refractivity contribution < 1.29 is 23.6 Å². The molecule has 8 heteroatoms. The first-order chi connectivity index (χ1) is 14.9. The van der Waals surface area contributed by atoms with Gasteiger partial charge in [0.2, 0.25) is 0 Å². The highest BCUT2D eigenvalue weighted by molar-refractivity contribution is 6.34. The molecular formula is C23H20ClFN2O4. The molecule has 2 aliphatic rings. The molecule has 2 fully saturated rings. The molecule has 0 N–H and O–H groups in total. The van der Waals surface area contributed by atoms with Gasteiger partial charge in [0.1, 0.15) is 12.4 Å². The molecule has 2 aromatic rings. The summed E-state index contributed by atoms with van der Waals surface area (Å²) in [5, 5.41) is 1.85. The number of halogens is 2. The number of benzene rings is 2. The number of fused-ring (bicyclic) bond motifs is 1. The van der Waals surface area contributed by atoms with Crippen LogP contribution in [0.5, 0.6) is 0 Å². The number of nitrogens with zero attached hydrogens (tertiary/aromatic N) is 2. The van der Waals surface area contributed by atoms with Crippen LogP contribution in [0.3, 0.4) is 0 Å². The molecular weight excluding hydrogens is 423 g/mol. The van der Waals surface area contributed by atoms with Crippen molar-refractivity contribution in [2.75, 3.05) is 6.54 Å². The summed E-state index contributed by atoms with van der Waals surface area (Å²) < 4.78 is 13.2. The van der Waals surface area contributed by atoms with E-state index in [9.17, 15) is 23.6 Å². The Morgan fingerprint density at radius 2 is 1.55 bits per heavy atom. The van der Waals surface area contributed by atoms with Crippen molar-refractivity contribution in [3.05, 3.63) is 70.5 Å². The fourth-order valence-electron chi connectivity index (χ4n) is 4.25. The summed E-state index contributed by atoms with van der Waals surface area (Å²) in [6.45, 7) is -0.549. The molecule has 1 aliphatic heterocycles. The van der Waals surface area contributed by atoms with Gasteiger partial charge in [0.05, 0.1) is 22.4 Å². The quantitative estimate of drug-likeness (QED) is 0.520. The second-order valence-corrected chi connectivity index (χ2v) is 8.17. The predicted octanol–water partition coefficient (Wildman–Crippen LogP) is 3.89. The average molecular weight is 443 g/mol. The number of carbonyl (C=O) groups is 4. The SMILES string of the molecule is O=C(CN(C(=O)c1ccccc1Cl)N1C(=O)[C@H]2CCCC[C@H]2C1=O)c1ccc(F)cc1. The van der Waals surface area contributed by atoms with Crippen molar-refractivity contribution in [2.24, 2.45) is 11.8 Å². The van der Waals surface area contributed by atoms with Crippen molar-refractivity contribution >= 4 is 35.1 Å². The Labute approximate surface area is 183 Å². The number of hydrazine groups is 1. The molecule has 1 saturated heterocycles. The molecule has 160 valence electrons. The van der Waals surface area contributed by atoms with Crippen LogP contribution in [-0.2, 0) is 9.59 Å². The summed E-state index contributed by atoms with van der Waals surface area (Å²) in [5.74, 6) is -3.66. The molecule has 2 atom stereocenters. The van der Waals surface area contributed by atoms with Gasteiger partial charge >= 0.3 is 0 Å². The minimum absolute atomic E-state index is 0.0755. The lowest BCUT2D eigenvalue weighted by atomic mass is 9.81. The third-order valence-corrected chi connectivity index (χ3v) is 6.19. The first-order valence-corrected chi connectivity index (χ1v) is 10.5. The van der Waals surface area contributed by atoms with Crippen LogP contribution in [0.1, 0.15) is 46.4 Å². The lowest BCUT2D eigenvalue weighted by Gasteiger charge is -2.30. The van der Waals surface area contributed by atoms with E-state index in [1.165, 1.54) is 24.3 Å². The minimum Gasteiger partial charge on any atom is -0.292 e. The molecule has 0 aromatic heterocycles. The van der Waals surface area contributed by atoms with Crippen LogP contribution in [0, 0.1) is 17.7 Å². The molecule has 0 radical (unpaired) electrons. The average Bonchev–Trinajstić information content (AvgIpc) is 3.03. The van der Waals surface area contributed by atoms with Gasteiger partial charge in [-0.15, -0.1) is 0 Å². The Bertz CT molecular complexity index is 1030. The molecule has 4 rings (SSSR count). The van der Waals surface area contributed by atoms with E-state index < -0.39 is 47.7 Å². The van der Waals surface area contributed by atoms with E-state index in [-0.39, 0.29) is 16.1 Å². The first kappa shape index (κ1) is 21.2. The van der Waals surface area contributed by atoms with Crippen LogP contribution >= 0.6 is 11.6 Å². The van der Waals surface area contributed by atoms with Gasteiger partial charge in [-0.3, -0.25) is 19.2 Å². The normalized spacial score (nSPS) is 20.5. The second kappa shape index (κ2) is 8.59. The number of hydrogen-bond donors (Lipinski definition) is 0. The third kappa shape index (κ3) is 3.97. The topological polar surface area (TPSA) is 74.8 Å². The number of ketones is 1. The van der Waals surface area contributed by atoms with E-state index in [1.54, 1.807) is 12.1 Å². The highest BCUT2D eigenvalue weighted by atomic mass is 35.5. The van der Waals surface area contributed by atoms with E-state index >= 15 is 0 Å². The summed E-state index contributed by atoms with van der Waals surface area (Å²) in [5.41, 5.74) is 0.237. The largest absolute Gasteiger partial charge is 0.292 e. The van der Waals surface area contributed by atoms with E-state index in [2.05, 4.69) is 0 Å². The summed E-state index contributed by atoms with van der Waals surface area (Å²) in [4.78, 5) is 52.4. The maximum absolute atomic E-state index is 13.4. The van der Waals surface area contributed by atoms with Crippen molar-refractivity contribution in [3.63, 3.8) is 0 Å².